The van der Waals surface area contributed by atoms with E-state index in [2.05, 4.69) is 21.7 Å². The van der Waals surface area contributed by atoms with E-state index in [9.17, 15) is 9.59 Å². The zero-order chi connectivity index (χ0) is 19.3. The van der Waals surface area contributed by atoms with Crippen LogP contribution in [0.2, 0.25) is 0 Å². The Kier molecular flexibility index (Phi) is 3.89. The number of aryl methyl sites for hydroxylation is 1. The molecule has 1 unspecified atom stereocenters. The number of carbonyl (C=O) groups excluding carboxylic acids is 1. The predicted octanol–water partition coefficient (Wildman–Crippen LogP) is 2.00. The Morgan fingerprint density at radius 1 is 1.32 bits per heavy atom. The van der Waals surface area contributed by atoms with Gasteiger partial charge in [0.2, 0.25) is 5.91 Å². The van der Waals surface area contributed by atoms with E-state index in [1.165, 1.54) is 11.0 Å². The van der Waals surface area contributed by atoms with Crippen LogP contribution in [0.25, 0.3) is 11.1 Å². The molecule has 0 radical (unpaired) electrons. The summed E-state index contributed by atoms with van der Waals surface area (Å²) in [6, 6.07) is 7.19. The Balaban J connectivity index is 1.42. The minimum Gasteiger partial charge on any atom is -0.408 e. The first-order chi connectivity index (χ1) is 13.6. The molecule has 28 heavy (non-hydrogen) atoms. The molecule has 2 fully saturated rings. The first-order valence-electron chi connectivity index (χ1n) is 9.85. The van der Waals surface area contributed by atoms with Crippen LogP contribution >= 0.6 is 0 Å². The van der Waals surface area contributed by atoms with Crippen LogP contribution in [0.15, 0.2) is 39.8 Å². The second-order valence-electron chi connectivity index (χ2n) is 7.94. The Morgan fingerprint density at radius 3 is 2.89 bits per heavy atom. The molecule has 8 nitrogen and oxygen atoms in total. The van der Waals surface area contributed by atoms with Gasteiger partial charge in [0.1, 0.15) is 18.7 Å². The highest BCUT2D eigenvalue weighted by atomic mass is 16.4. The van der Waals surface area contributed by atoms with Crippen molar-refractivity contribution in [2.75, 3.05) is 13.1 Å². The van der Waals surface area contributed by atoms with E-state index in [1.807, 2.05) is 17.0 Å². The molecule has 2 aliphatic rings. The second-order valence-corrected chi connectivity index (χ2v) is 7.94. The van der Waals surface area contributed by atoms with E-state index >= 15 is 0 Å². The molecule has 1 aliphatic carbocycles. The molecule has 1 spiro atoms. The van der Waals surface area contributed by atoms with Crippen LogP contribution in [0.5, 0.6) is 0 Å². The van der Waals surface area contributed by atoms with E-state index in [-0.39, 0.29) is 23.8 Å². The molecule has 0 N–H and O–H groups in total. The molecule has 5 rings (SSSR count). The molecule has 1 amide bonds. The SMILES string of the molecule is CCn1cnnc1C1CN(C(=O)Cn2c(=O)oc3ccccc32)CC12CCC2. The summed E-state index contributed by atoms with van der Waals surface area (Å²) in [7, 11) is 0. The van der Waals surface area contributed by atoms with Gasteiger partial charge >= 0.3 is 5.76 Å². The second kappa shape index (κ2) is 6.32. The quantitative estimate of drug-likeness (QED) is 0.690. The summed E-state index contributed by atoms with van der Waals surface area (Å²) in [6.45, 7) is 4.24. The molecule has 0 bridgehead atoms. The lowest BCUT2D eigenvalue weighted by Gasteiger charge is -2.42. The van der Waals surface area contributed by atoms with Crippen molar-refractivity contribution in [2.24, 2.45) is 5.41 Å². The van der Waals surface area contributed by atoms with Gasteiger partial charge in [0.15, 0.2) is 5.58 Å². The first kappa shape index (κ1) is 17.2. The van der Waals surface area contributed by atoms with Crippen molar-refractivity contribution in [2.45, 2.75) is 45.2 Å². The zero-order valence-electron chi connectivity index (χ0n) is 15.9. The van der Waals surface area contributed by atoms with Crippen LogP contribution in [0.1, 0.15) is 37.9 Å². The number of carbonyl (C=O) groups is 1. The van der Waals surface area contributed by atoms with Crippen LogP contribution in [0.4, 0.5) is 0 Å². The van der Waals surface area contributed by atoms with Gasteiger partial charge in [-0.2, -0.15) is 0 Å². The Bertz CT molecular complexity index is 1090. The lowest BCUT2D eigenvalue weighted by atomic mass is 9.62. The topological polar surface area (TPSA) is 86.2 Å². The lowest BCUT2D eigenvalue weighted by Crippen LogP contribution is -2.39. The number of benzene rings is 1. The van der Waals surface area contributed by atoms with Crippen molar-refractivity contribution in [1.29, 1.82) is 0 Å². The van der Waals surface area contributed by atoms with Crippen LogP contribution in [-0.4, -0.2) is 43.2 Å². The number of amides is 1. The van der Waals surface area contributed by atoms with Crippen LogP contribution in [0, 0.1) is 5.41 Å². The van der Waals surface area contributed by atoms with E-state index in [0.29, 0.717) is 17.6 Å². The maximum Gasteiger partial charge on any atom is 0.420 e. The summed E-state index contributed by atoms with van der Waals surface area (Å²) in [5.41, 5.74) is 1.26. The summed E-state index contributed by atoms with van der Waals surface area (Å²) >= 11 is 0. The maximum absolute atomic E-state index is 13.1. The largest absolute Gasteiger partial charge is 0.420 e. The van der Waals surface area contributed by atoms with Gasteiger partial charge in [-0.25, -0.2) is 4.79 Å². The van der Waals surface area contributed by atoms with Crippen molar-refractivity contribution in [3.63, 3.8) is 0 Å². The smallest absolute Gasteiger partial charge is 0.408 e. The van der Waals surface area contributed by atoms with Gasteiger partial charge in [-0.15, -0.1) is 10.2 Å². The fraction of sp³-hybridized carbons (Fsp3) is 0.500. The van der Waals surface area contributed by atoms with E-state index in [0.717, 1.165) is 31.8 Å². The molecule has 1 aliphatic heterocycles. The molecule has 3 aromatic rings. The van der Waals surface area contributed by atoms with Crippen molar-refractivity contribution in [3.8, 4) is 0 Å². The van der Waals surface area contributed by atoms with E-state index < -0.39 is 5.76 Å². The highest BCUT2D eigenvalue weighted by molar-refractivity contribution is 5.80. The third-order valence-electron chi connectivity index (χ3n) is 6.51. The van der Waals surface area contributed by atoms with Crippen molar-refractivity contribution >= 4 is 17.0 Å². The molecule has 3 heterocycles. The lowest BCUT2D eigenvalue weighted by molar-refractivity contribution is -0.131. The summed E-state index contributed by atoms with van der Waals surface area (Å²) < 4.78 is 8.76. The standard InChI is InChI=1S/C20H23N5O3/c1-2-23-13-21-22-18(23)14-10-24(12-20(14)8-5-9-20)17(26)11-25-15-6-3-4-7-16(15)28-19(25)27/h3-4,6-7,13-14H,2,5,8-12H2,1H3. The molecular formula is C20H23N5O3. The molecule has 1 atom stereocenters. The fourth-order valence-electron chi connectivity index (χ4n) is 4.83. The molecule has 8 heteroatoms. The number of oxazole rings is 1. The monoisotopic (exact) mass is 381 g/mol. The minimum atomic E-state index is -0.491. The third kappa shape index (κ3) is 2.51. The van der Waals surface area contributed by atoms with Gasteiger partial charge in [0, 0.05) is 25.6 Å². The number of rotatable bonds is 4. The number of likely N-dealkylation sites (tertiary alicyclic amines) is 1. The highest BCUT2D eigenvalue weighted by Crippen LogP contribution is 2.55. The van der Waals surface area contributed by atoms with Gasteiger partial charge in [-0.1, -0.05) is 18.6 Å². The Morgan fingerprint density at radius 2 is 2.14 bits per heavy atom. The molecule has 2 aromatic heterocycles. The number of aromatic nitrogens is 4. The number of hydrogen-bond donors (Lipinski definition) is 0. The van der Waals surface area contributed by atoms with Gasteiger partial charge < -0.3 is 13.9 Å². The highest BCUT2D eigenvalue weighted by Gasteiger charge is 2.53. The Hall–Kier alpha value is -2.90. The summed E-state index contributed by atoms with van der Waals surface area (Å²) in [5, 5.41) is 8.47. The summed E-state index contributed by atoms with van der Waals surface area (Å²) in [4.78, 5) is 27.2. The molecule has 1 aromatic carbocycles. The molecule has 146 valence electrons. The summed E-state index contributed by atoms with van der Waals surface area (Å²) in [6.07, 6.45) is 5.16. The number of para-hydroxylation sites is 2. The van der Waals surface area contributed by atoms with Crippen LogP contribution in [-0.2, 0) is 17.9 Å². The van der Waals surface area contributed by atoms with E-state index in [4.69, 9.17) is 4.42 Å². The average Bonchev–Trinajstić information content (AvgIpc) is 3.36. The van der Waals surface area contributed by atoms with Gasteiger partial charge in [0.05, 0.1) is 5.52 Å². The average molecular weight is 381 g/mol. The maximum atomic E-state index is 13.1. The number of fused-ring (bicyclic) bond motifs is 1. The van der Waals surface area contributed by atoms with Crippen LogP contribution < -0.4 is 5.76 Å². The molecule has 1 saturated carbocycles. The first-order valence-corrected chi connectivity index (χ1v) is 9.85. The van der Waals surface area contributed by atoms with Crippen molar-refractivity contribution in [3.05, 3.63) is 47.0 Å². The third-order valence-corrected chi connectivity index (χ3v) is 6.51. The van der Waals surface area contributed by atoms with Crippen molar-refractivity contribution < 1.29 is 9.21 Å². The normalized spacial score (nSPS) is 20.8. The molecular weight excluding hydrogens is 358 g/mol. The van der Waals surface area contributed by atoms with Crippen LogP contribution in [0.3, 0.4) is 0 Å². The van der Waals surface area contributed by atoms with Gasteiger partial charge in [-0.05, 0) is 37.3 Å². The minimum absolute atomic E-state index is 0.000878. The van der Waals surface area contributed by atoms with Crippen molar-refractivity contribution in [1.82, 2.24) is 24.2 Å². The fourth-order valence-corrected chi connectivity index (χ4v) is 4.83. The van der Waals surface area contributed by atoms with Gasteiger partial charge in [0.25, 0.3) is 0 Å². The van der Waals surface area contributed by atoms with E-state index in [1.54, 1.807) is 18.5 Å². The summed E-state index contributed by atoms with van der Waals surface area (Å²) in [5.74, 6) is 0.633. The Labute approximate surface area is 161 Å². The predicted molar refractivity (Wildman–Crippen MR) is 102 cm³/mol. The molecule has 1 saturated heterocycles. The zero-order valence-corrected chi connectivity index (χ0v) is 15.9. The number of nitrogens with zero attached hydrogens (tertiary/aromatic N) is 5. The number of hydrogen-bond acceptors (Lipinski definition) is 5. The van der Waals surface area contributed by atoms with Gasteiger partial charge in [-0.3, -0.25) is 9.36 Å².